The van der Waals surface area contributed by atoms with Gasteiger partial charge >= 0.3 is 0 Å². The quantitative estimate of drug-likeness (QED) is 0.713. The summed E-state index contributed by atoms with van der Waals surface area (Å²) in [5.74, 6) is 0. The Morgan fingerprint density at radius 1 is 1.44 bits per heavy atom. The Hall–Kier alpha value is -1.07. The fourth-order valence-corrected chi connectivity index (χ4v) is 1.18. The molecule has 1 aromatic rings. The molecular formula is C11H21N3O2. The molecule has 0 unspecified atom stereocenters. The smallest absolute Gasteiger partial charge is 0.0719 e. The summed E-state index contributed by atoms with van der Waals surface area (Å²) in [6.07, 6.45) is 4.31. The number of anilines is 1. The van der Waals surface area contributed by atoms with Crippen molar-refractivity contribution in [3.8, 4) is 0 Å². The van der Waals surface area contributed by atoms with Gasteiger partial charge in [-0.3, -0.25) is 4.68 Å². The second-order valence-electron chi connectivity index (χ2n) is 4.36. The van der Waals surface area contributed by atoms with E-state index in [4.69, 9.17) is 15.2 Å². The molecule has 0 spiro atoms. The first kappa shape index (κ1) is 13.0. The van der Waals surface area contributed by atoms with Crippen LogP contribution in [0, 0.1) is 0 Å². The van der Waals surface area contributed by atoms with E-state index < -0.39 is 0 Å². The average Bonchev–Trinajstić information content (AvgIpc) is 2.64. The van der Waals surface area contributed by atoms with Crippen LogP contribution in [-0.2, 0) is 16.0 Å². The lowest BCUT2D eigenvalue weighted by Crippen LogP contribution is -2.24. The molecule has 0 fully saturated rings. The van der Waals surface area contributed by atoms with Crippen LogP contribution in [0.2, 0.25) is 0 Å². The summed E-state index contributed by atoms with van der Waals surface area (Å²) in [5.41, 5.74) is 6.11. The van der Waals surface area contributed by atoms with Gasteiger partial charge in [0.05, 0.1) is 30.6 Å². The van der Waals surface area contributed by atoms with Crippen LogP contribution in [0.3, 0.4) is 0 Å². The molecular weight excluding hydrogens is 206 g/mol. The van der Waals surface area contributed by atoms with Gasteiger partial charge in [0.2, 0.25) is 0 Å². The van der Waals surface area contributed by atoms with E-state index in [1.807, 2.05) is 13.8 Å². The third-order valence-electron chi connectivity index (χ3n) is 2.52. The van der Waals surface area contributed by atoms with Crippen LogP contribution in [0.25, 0.3) is 0 Å². The van der Waals surface area contributed by atoms with Crippen molar-refractivity contribution in [2.45, 2.75) is 32.4 Å². The highest BCUT2D eigenvalue weighted by molar-refractivity contribution is 5.30. The molecule has 5 nitrogen and oxygen atoms in total. The molecule has 0 aromatic carbocycles. The fourth-order valence-electron chi connectivity index (χ4n) is 1.18. The molecule has 2 N–H and O–H groups in total. The molecule has 0 bridgehead atoms. The number of methoxy groups -OCH3 is 1. The van der Waals surface area contributed by atoms with E-state index in [0.29, 0.717) is 18.9 Å². The van der Waals surface area contributed by atoms with Crippen LogP contribution in [0.5, 0.6) is 0 Å². The molecule has 0 radical (unpaired) electrons. The number of aromatic nitrogens is 2. The first-order valence-corrected chi connectivity index (χ1v) is 5.44. The summed E-state index contributed by atoms with van der Waals surface area (Å²) in [6.45, 7) is 6.15. The lowest BCUT2D eigenvalue weighted by molar-refractivity contribution is -0.0108. The van der Waals surface area contributed by atoms with Crippen LogP contribution in [0.1, 0.15) is 20.3 Å². The Bertz CT molecular complexity index is 310. The van der Waals surface area contributed by atoms with Gasteiger partial charge in [-0.15, -0.1) is 0 Å². The van der Waals surface area contributed by atoms with Gasteiger partial charge in [-0.2, -0.15) is 5.10 Å². The van der Waals surface area contributed by atoms with E-state index >= 15 is 0 Å². The maximum atomic E-state index is 5.54. The zero-order valence-electron chi connectivity index (χ0n) is 10.3. The minimum absolute atomic E-state index is 0.115. The highest BCUT2D eigenvalue weighted by Gasteiger charge is 2.15. The first-order chi connectivity index (χ1) is 7.53. The lowest BCUT2D eigenvalue weighted by Gasteiger charge is -2.22. The molecule has 0 aliphatic heterocycles. The third kappa shape index (κ3) is 4.63. The number of hydrogen-bond donors (Lipinski definition) is 1. The predicted molar refractivity (Wildman–Crippen MR) is 63.2 cm³/mol. The minimum atomic E-state index is -0.115. The SMILES string of the molecule is COC(C)(C)CCOCCn1cc(N)cn1. The maximum Gasteiger partial charge on any atom is 0.0719 e. The molecule has 0 saturated carbocycles. The monoisotopic (exact) mass is 227 g/mol. The Morgan fingerprint density at radius 3 is 2.75 bits per heavy atom. The van der Waals surface area contributed by atoms with Crippen molar-refractivity contribution in [3.63, 3.8) is 0 Å². The van der Waals surface area contributed by atoms with E-state index in [2.05, 4.69) is 5.10 Å². The Labute approximate surface area is 96.5 Å². The molecule has 16 heavy (non-hydrogen) atoms. The first-order valence-electron chi connectivity index (χ1n) is 5.44. The number of rotatable bonds is 7. The van der Waals surface area contributed by atoms with Crippen LogP contribution in [0.4, 0.5) is 5.69 Å². The summed E-state index contributed by atoms with van der Waals surface area (Å²) in [6, 6.07) is 0. The zero-order valence-corrected chi connectivity index (χ0v) is 10.3. The van der Waals surface area contributed by atoms with Gasteiger partial charge in [0, 0.05) is 19.9 Å². The highest BCUT2D eigenvalue weighted by atomic mass is 16.5. The standard InChI is InChI=1S/C11H21N3O2/c1-11(2,15-3)4-6-16-7-5-14-9-10(12)8-13-14/h8-9H,4-7,12H2,1-3H3. The van der Waals surface area contributed by atoms with Crippen molar-refractivity contribution >= 4 is 5.69 Å². The Morgan fingerprint density at radius 2 is 2.19 bits per heavy atom. The summed E-state index contributed by atoms with van der Waals surface area (Å²) in [4.78, 5) is 0. The summed E-state index contributed by atoms with van der Waals surface area (Å²) < 4.78 is 12.6. The van der Waals surface area contributed by atoms with Crippen molar-refractivity contribution in [2.75, 3.05) is 26.1 Å². The molecule has 1 rings (SSSR count). The van der Waals surface area contributed by atoms with Crippen molar-refractivity contribution < 1.29 is 9.47 Å². The fraction of sp³-hybridized carbons (Fsp3) is 0.727. The minimum Gasteiger partial charge on any atom is -0.396 e. The van der Waals surface area contributed by atoms with E-state index in [1.54, 1.807) is 24.2 Å². The second-order valence-corrected chi connectivity index (χ2v) is 4.36. The molecule has 0 aliphatic carbocycles. The Balaban J connectivity index is 2.08. The Kier molecular flexibility index (Phi) is 4.76. The molecule has 0 aliphatic rings. The highest BCUT2D eigenvalue weighted by Crippen LogP contribution is 2.12. The lowest BCUT2D eigenvalue weighted by atomic mass is 10.1. The van der Waals surface area contributed by atoms with Crippen LogP contribution in [-0.4, -0.2) is 35.7 Å². The number of nitrogen functional groups attached to an aromatic ring is 1. The van der Waals surface area contributed by atoms with E-state index in [0.717, 1.165) is 13.0 Å². The molecule has 1 heterocycles. The second kappa shape index (κ2) is 5.86. The largest absolute Gasteiger partial charge is 0.396 e. The van der Waals surface area contributed by atoms with Crippen molar-refractivity contribution in [3.05, 3.63) is 12.4 Å². The van der Waals surface area contributed by atoms with Gasteiger partial charge in [-0.05, 0) is 20.3 Å². The van der Waals surface area contributed by atoms with E-state index in [-0.39, 0.29) is 5.60 Å². The van der Waals surface area contributed by atoms with Gasteiger partial charge < -0.3 is 15.2 Å². The van der Waals surface area contributed by atoms with Gasteiger partial charge in [-0.1, -0.05) is 0 Å². The molecule has 5 heteroatoms. The third-order valence-corrected chi connectivity index (χ3v) is 2.52. The number of hydrogen-bond acceptors (Lipinski definition) is 4. The molecule has 0 amide bonds. The maximum absolute atomic E-state index is 5.54. The zero-order chi connectivity index (χ0) is 12.0. The van der Waals surface area contributed by atoms with Crippen molar-refractivity contribution in [1.29, 1.82) is 0 Å². The van der Waals surface area contributed by atoms with Gasteiger partial charge in [0.15, 0.2) is 0 Å². The summed E-state index contributed by atoms with van der Waals surface area (Å²) in [7, 11) is 1.71. The van der Waals surface area contributed by atoms with Gasteiger partial charge in [-0.25, -0.2) is 0 Å². The number of nitrogens with two attached hydrogens (primary N) is 1. The number of nitrogens with zero attached hydrogens (tertiary/aromatic N) is 2. The molecule has 92 valence electrons. The normalized spacial score (nSPS) is 11.9. The molecule has 0 saturated heterocycles. The van der Waals surface area contributed by atoms with Gasteiger partial charge in [0.1, 0.15) is 0 Å². The predicted octanol–water partition coefficient (Wildman–Crippen LogP) is 1.30. The van der Waals surface area contributed by atoms with E-state index in [1.165, 1.54) is 0 Å². The molecule has 0 atom stereocenters. The van der Waals surface area contributed by atoms with Crippen LogP contribution >= 0.6 is 0 Å². The van der Waals surface area contributed by atoms with Crippen molar-refractivity contribution in [1.82, 2.24) is 9.78 Å². The van der Waals surface area contributed by atoms with E-state index in [9.17, 15) is 0 Å². The van der Waals surface area contributed by atoms with Crippen LogP contribution in [0.15, 0.2) is 12.4 Å². The molecule has 1 aromatic heterocycles. The van der Waals surface area contributed by atoms with Crippen molar-refractivity contribution in [2.24, 2.45) is 0 Å². The van der Waals surface area contributed by atoms with Crippen LogP contribution < -0.4 is 5.73 Å². The summed E-state index contributed by atoms with van der Waals surface area (Å²) >= 11 is 0. The summed E-state index contributed by atoms with van der Waals surface area (Å²) in [5, 5.41) is 4.07. The topological polar surface area (TPSA) is 62.3 Å². The van der Waals surface area contributed by atoms with Gasteiger partial charge in [0.25, 0.3) is 0 Å². The average molecular weight is 227 g/mol. The number of ether oxygens (including phenoxy) is 2.